The molecule has 0 spiro atoms. The van der Waals surface area contributed by atoms with Gasteiger partial charge in [-0.2, -0.15) is 0 Å². The summed E-state index contributed by atoms with van der Waals surface area (Å²) in [4.78, 5) is 12.0. The molecule has 0 aromatic heterocycles. The lowest BCUT2D eigenvalue weighted by Gasteiger charge is -2.12. The number of ether oxygens (including phenoxy) is 1. The number of halogens is 1. The van der Waals surface area contributed by atoms with Crippen LogP contribution in [-0.2, 0) is 4.79 Å². The second-order valence-electron chi connectivity index (χ2n) is 5.01. The van der Waals surface area contributed by atoms with Crippen LogP contribution in [0.2, 0.25) is 0 Å². The molecule has 0 aliphatic heterocycles. The third-order valence-corrected chi connectivity index (χ3v) is 3.29. The van der Waals surface area contributed by atoms with Crippen LogP contribution in [0.25, 0.3) is 0 Å². The number of carbonyl (C=O) groups excluding carboxylic acids is 1. The Kier molecular flexibility index (Phi) is 5.12. The van der Waals surface area contributed by atoms with Crippen LogP contribution in [0.5, 0.6) is 5.75 Å². The number of nitrogens with one attached hydrogen (secondary N) is 1. The van der Waals surface area contributed by atoms with Crippen LogP contribution < -0.4 is 10.1 Å². The summed E-state index contributed by atoms with van der Waals surface area (Å²) in [7, 11) is 1.58. The lowest BCUT2D eigenvalue weighted by Crippen LogP contribution is -2.15. The minimum atomic E-state index is -1.05. The molecule has 116 valence electrons. The summed E-state index contributed by atoms with van der Waals surface area (Å²) < 4.78 is 18.3. The lowest BCUT2D eigenvalue weighted by atomic mass is 10.1. The number of anilines is 1. The average Bonchev–Trinajstić information content (AvgIpc) is 2.47. The largest absolute Gasteiger partial charge is 0.496 e. The van der Waals surface area contributed by atoms with Gasteiger partial charge in [-0.05, 0) is 48.4 Å². The Morgan fingerprint density at radius 1 is 1.32 bits per heavy atom. The molecule has 1 atom stereocenters. The number of hydrogen-bond donors (Lipinski definition) is 2. The highest BCUT2D eigenvalue weighted by molar-refractivity contribution is 5.91. The van der Waals surface area contributed by atoms with Crippen molar-refractivity contribution in [2.45, 2.75) is 19.4 Å². The monoisotopic (exact) mass is 303 g/mol. The third-order valence-electron chi connectivity index (χ3n) is 3.29. The summed E-state index contributed by atoms with van der Waals surface area (Å²) >= 11 is 0. The van der Waals surface area contributed by atoms with Gasteiger partial charge in [0.1, 0.15) is 11.6 Å². The number of amides is 1. The normalized spacial score (nSPS) is 11.8. The van der Waals surface area contributed by atoms with Crippen molar-refractivity contribution in [1.82, 2.24) is 0 Å². The number of aliphatic hydroxyl groups excluding tert-OH is 1. The molecular formula is C17H18FNO3. The van der Waals surface area contributed by atoms with Crippen molar-refractivity contribution in [3.63, 3.8) is 0 Å². The number of carbonyl (C=O) groups is 1. The predicted octanol–water partition coefficient (Wildman–Crippen LogP) is 3.20. The molecule has 1 amide bonds. The van der Waals surface area contributed by atoms with Gasteiger partial charge in [0.05, 0.1) is 19.6 Å². The van der Waals surface area contributed by atoms with E-state index in [1.54, 1.807) is 31.4 Å². The maximum absolute atomic E-state index is 13.1. The lowest BCUT2D eigenvalue weighted by molar-refractivity contribution is -0.118. The first-order valence-corrected chi connectivity index (χ1v) is 6.87. The van der Waals surface area contributed by atoms with Crippen LogP contribution >= 0.6 is 0 Å². The van der Waals surface area contributed by atoms with Crippen LogP contribution in [0.15, 0.2) is 42.5 Å². The zero-order valence-corrected chi connectivity index (χ0v) is 12.5. The Balaban J connectivity index is 1.99. The SMILES string of the molecule is COc1ccc(NC(=O)CC(O)c2cccc(F)c2)cc1C. The van der Waals surface area contributed by atoms with E-state index in [2.05, 4.69) is 5.32 Å². The highest BCUT2D eigenvalue weighted by Gasteiger charge is 2.14. The second-order valence-corrected chi connectivity index (χ2v) is 5.01. The first kappa shape index (κ1) is 16.0. The van der Waals surface area contributed by atoms with Gasteiger partial charge in [-0.25, -0.2) is 4.39 Å². The van der Waals surface area contributed by atoms with Gasteiger partial charge in [0.25, 0.3) is 0 Å². The zero-order valence-electron chi connectivity index (χ0n) is 12.5. The molecule has 0 bridgehead atoms. The number of benzene rings is 2. The molecule has 0 aliphatic carbocycles. The molecule has 2 rings (SSSR count). The van der Waals surface area contributed by atoms with E-state index in [1.165, 1.54) is 18.2 Å². The van der Waals surface area contributed by atoms with E-state index in [1.807, 2.05) is 6.92 Å². The maximum Gasteiger partial charge on any atom is 0.227 e. The van der Waals surface area contributed by atoms with E-state index in [0.717, 1.165) is 11.3 Å². The van der Waals surface area contributed by atoms with E-state index in [0.29, 0.717) is 11.3 Å². The molecule has 0 radical (unpaired) electrons. The van der Waals surface area contributed by atoms with Crippen LogP contribution in [-0.4, -0.2) is 18.1 Å². The molecule has 0 saturated heterocycles. The van der Waals surface area contributed by atoms with Crippen molar-refractivity contribution in [2.75, 3.05) is 12.4 Å². The number of aryl methyl sites for hydroxylation is 1. The standard InChI is InChI=1S/C17H18FNO3/c1-11-8-14(6-7-16(11)22-2)19-17(21)10-15(20)12-4-3-5-13(18)9-12/h3-9,15,20H,10H2,1-2H3,(H,19,21). The molecule has 4 nitrogen and oxygen atoms in total. The van der Waals surface area contributed by atoms with E-state index >= 15 is 0 Å². The van der Waals surface area contributed by atoms with Gasteiger partial charge in [0.15, 0.2) is 0 Å². The van der Waals surface area contributed by atoms with Crippen molar-refractivity contribution in [3.05, 3.63) is 59.4 Å². The Hall–Kier alpha value is -2.40. The quantitative estimate of drug-likeness (QED) is 0.891. The third kappa shape index (κ3) is 4.05. The van der Waals surface area contributed by atoms with E-state index in [4.69, 9.17) is 4.74 Å². The fourth-order valence-corrected chi connectivity index (χ4v) is 2.18. The van der Waals surface area contributed by atoms with Crippen molar-refractivity contribution < 1.29 is 19.0 Å². The summed E-state index contributed by atoms with van der Waals surface area (Å²) in [5, 5.41) is 12.7. The number of methoxy groups -OCH3 is 1. The van der Waals surface area contributed by atoms with Gasteiger partial charge >= 0.3 is 0 Å². The highest BCUT2D eigenvalue weighted by Crippen LogP contribution is 2.22. The van der Waals surface area contributed by atoms with Gasteiger partial charge in [-0.15, -0.1) is 0 Å². The first-order chi connectivity index (χ1) is 10.5. The van der Waals surface area contributed by atoms with Crippen molar-refractivity contribution in [2.24, 2.45) is 0 Å². The molecule has 0 saturated carbocycles. The highest BCUT2D eigenvalue weighted by atomic mass is 19.1. The zero-order chi connectivity index (χ0) is 16.1. The van der Waals surface area contributed by atoms with E-state index in [9.17, 15) is 14.3 Å². The maximum atomic E-state index is 13.1. The Morgan fingerprint density at radius 2 is 2.09 bits per heavy atom. The molecule has 2 N–H and O–H groups in total. The van der Waals surface area contributed by atoms with Crippen LogP contribution in [0.3, 0.4) is 0 Å². The fourth-order valence-electron chi connectivity index (χ4n) is 2.18. The number of hydrogen-bond acceptors (Lipinski definition) is 3. The van der Waals surface area contributed by atoms with E-state index in [-0.39, 0.29) is 12.3 Å². The summed E-state index contributed by atoms with van der Waals surface area (Å²) in [5.41, 5.74) is 1.89. The smallest absolute Gasteiger partial charge is 0.227 e. The average molecular weight is 303 g/mol. The van der Waals surface area contributed by atoms with Crippen molar-refractivity contribution in [3.8, 4) is 5.75 Å². The second kappa shape index (κ2) is 7.04. The summed E-state index contributed by atoms with van der Waals surface area (Å²) in [5.74, 6) is -0.0538. The summed E-state index contributed by atoms with van der Waals surface area (Å²) in [6.07, 6.45) is -1.19. The first-order valence-electron chi connectivity index (χ1n) is 6.87. The topological polar surface area (TPSA) is 58.6 Å². The number of rotatable bonds is 5. The van der Waals surface area contributed by atoms with Crippen LogP contribution in [0.4, 0.5) is 10.1 Å². The Morgan fingerprint density at radius 3 is 2.73 bits per heavy atom. The van der Waals surface area contributed by atoms with Crippen molar-refractivity contribution >= 4 is 11.6 Å². The van der Waals surface area contributed by atoms with Gasteiger partial charge < -0.3 is 15.2 Å². The van der Waals surface area contributed by atoms with Crippen molar-refractivity contribution in [1.29, 1.82) is 0 Å². The summed E-state index contributed by atoms with van der Waals surface area (Å²) in [6, 6.07) is 10.8. The molecule has 1 unspecified atom stereocenters. The minimum absolute atomic E-state index is 0.144. The molecule has 0 heterocycles. The Bertz CT molecular complexity index is 673. The molecule has 2 aromatic rings. The molecule has 5 heteroatoms. The minimum Gasteiger partial charge on any atom is -0.496 e. The van der Waals surface area contributed by atoms with Gasteiger partial charge in [0, 0.05) is 5.69 Å². The summed E-state index contributed by atoms with van der Waals surface area (Å²) in [6.45, 7) is 1.87. The van der Waals surface area contributed by atoms with E-state index < -0.39 is 11.9 Å². The fraction of sp³-hybridized carbons (Fsp3) is 0.235. The molecule has 0 aliphatic rings. The van der Waals surface area contributed by atoms with Gasteiger partial charge in [0.2, 0.25) is 5.91 Å². The van der Waals surface area contributed by atoms with Crippen LogP contribution in [0, 0.1) is 12.7 Å². The van der Waals surface area contributed by atoms with Gasteiger partial charge in [-0.3, -0.25) is 4.79 Å². The van der Waals surface area contributed by atoms with Crippen LogP contribution in [0.1, 0.15) is 23.7 Å². The molecular weight excluding hydrogens is 285 g/mol. The predicted molar refractivity (Wildman–Crippen MR) is 82.3 cm³/mol. The molecule has 0 fully saturated rings. The molecule has 22 heavy (non-hydrogen) atoms. The number of aliphatic hydroxyl groups is 1. The Labute approximate surface area is 128 Å². The molecule has 2 aromatic carbocycles. The van der Waals surface area contributed by atoms with Gasteiger partial charge in [-0.1, -0.05) is 12.1 Å².